The van der Waals surface area contributed by atoms with Crippen LogP contribution in [0.4, 0.5) is 5.69 Å². The highest BCUT2D eigenvalue weighted by atomic mass is 35.5. The van der Waals surface area contributed by atoms with E-state index in [-0.39, 0.29) is 5.97 Å². The molecule has 6 heteroatoms. The number of carbonyl (C=O) groups excluding carboxylic acids is 1. The summed E-state index contributed by atoms with van der Waals surface area (Å²) in [6.07, 6.45) is 3.52. The lowest BCUT2D eigenvalue weighted by molar-refractivity contribution is -0.141. The van der Waals surface area contributed by atoms with E-state index in [4.69, 9.17) is 11.6 Å². The number of halogens is 1. The molecule has 5 nitrogen and oxygen atoms in total. The molecule has 106 valence electrons. The summed E-state index contributed by atoms with van der Waals surface area (Å²) < 4.78 is 6.44. The van der Waals surface area contributed by atoms with Crippen molar-refractivity contribution in [2.75, 3.05) is 12.4 Å². The zero-order valence-electron chi connectivity index (χ0n) is 11.3. The lowest BCUT2D eigenvalue weighted by Gasteiger charge is -2.10. The Morgan fingerprint density at radius 2 is 2.15 bits per heavy atom. The van der Waals surface area contributed by atoms with Crippen LogP contribution in [0.25, 0.3) is 0 Å². The van der Waals surface area contributed by atoms with Crippen LogP contribution < -0.4 is 5.32 Å². The van der Waals surface area contributed by atoms with Gasteiger partial charge in [-0.15, -0.1) is 0 Å². The van der Waals surface area contributed by atoms with E-state index in [2.05, 4.69) is 15.2 Å². The fourth-order valence-corrected chi connectivity index (χ4v) is 1.91. The summed E-state index contributed by atoms with van der Waals surface area (Å²) in [4.78, 5) is 11.3. The first-order chi connectivity index (χ1) is 9.58. The highest BCUT2D eigenvalue weighted by molar-refractivity contribution is 6.30. The van der Waals surface area contributed by atoms with Crippen molar-refractivity contribution in [3.05, 3.63) is 47.2 Å². The number of carbonyl (C=O) groups is 1. The highest BCUT2D eigenvalue weighted by Gasteiger charge is 2.13. The highest BCUT2D eigenvalue weighted by Crippen LogP contribution is 2.12. The molecule has 2 aromatic rings. The molecule has 1 N–H and O–H groups in total. The molecule has 0 aliphatic carbocycles. The van der Waals surface area contributed by atoms with Crippen molar-refractivity contribution in [3.8, 4) is 0 Å². The third-order valence-corrected chi connectivity index (χ3v) is 3.08. The molecule has 1 aromatic carbocycles. The van der Waals surface area contributed by atoms with Gasteiger partial charge in [-0.1, -0.05) is 23.7 Å². The van der Waals surface area contributed by atoms with E-state index in [9.17, 15) is 4.79 Å². The Bertz CT molecular complexity index is 580. The monoisotopic (exact) mass is 293 g/mol. The van der Waals surface area contributed by atoms with E-state index in [1.165, 1.54) is 7.11 Å². The minimum atomic E-state index is -0.409. The maximum absolute atomic E-state index is 11.3. The van der Waals surface area contributed by atoms with Crippen LogP contribution in [-0.2, 0) is 16.1 Å². The van der Waals surface area contributed by atoms with Gasteiger partial charge in [0.2, 0.25) is 0 Å². The van der Waals surface area contributed by atoms with Gasteiger partial charge in [-0.05, 0) is 24.6 Å². The second kappa shape index (κ2) is 6.43. The lowest BCUT2D eigenvalue weighted by atomic mass is 10.2. The van der Waals surface area contributed by atoms with Crippen molar-refractivity contribution in [3.63, 3.8) is 0 Å². The summed E-state index contributed by atoms with van der Waals surface area (Å²) in [6, 6.07) is 7.19. The van der Waals surface area contributed by atoms with Crippen molar-refractivity contribution >= 4 is 23.3 Å². The number of methoxy groups -OCH3 is 1. The summed E-state index contributed by atoms with van der Waals surface area (Å²) in [5.74, 6) is -0.310. The minimum absolute atomic E-state index is 0.310. The summed E-state index contributed by atoms with van der Waals surface area (Å²) >= 11 is 5.84. The standard InChI is InChI=1S/C14H16ClN3O2/c1-10(14(19)20-2)17-13-7-16-18(9-13)8-11-3-5-12(15)6-4-11/h3-7,9-10,17H,8H2,1-2H3/t10-/m1/s1. The molecular weight excluding hydrogens is 278 g/mol. The Morgan fingerprint density at radius 1 is 1.45 bits per heavy atom. The van der Waals surface area contributed by atoms with Gasteiger partial charge in [0.15, 0.2) is 0 Å². The SMILES string of the molecule is COC(=O)[C@@H](C)Nc1cnn(Cc2ccc(Cl)cc2)c1. The number of rotatable bonds is 5. The molecule has 0 unspecified atom stereocenters. The Labute approximate surface area is 122 Å². The van der Waals surface area contributed by atoms with Gasteiger partial charge in [0.05, 0.1) is 25.5 Å². The largest absolute Gasteiger partial charge is 0.467 e. The Balaban J connectivity index is 1.98. The van der Waals surface area contributed by atoms with Crippen LogP contribution >= 0.6 is 11.6 Å². The third kappa shape index (κ3) is 3.74. The normalized spacial score (nSPS) is 11.9. The lowest BCUT2D eigenvalue weighted by Crippen LogP contribution is -2.26. The summed E-state index contributed by atoms with van der Waals surface area (Å²) in [6.45, 7) is 2.38. The van der Waals surface area contributed by atoms with E-state index in [0.717, 1.165) is 11.3 Å². The van der Waals surface area contributed by atoms with Crippen LogP contribution in [0.5, 0.6) is 0 Å². The average molecular weight is 294 g/mol. The van der Waals surface area contributed by atoms with Crippen molar-refractivity contribution in [1.82, 2.24) is 9.78 Å². The van der Waals surface area contributed by atoms with Crippen molar-refractivity contribution < 1.29 is 9.53 Å². The maximum Gasteiger partial charge on any atom is 0.327 e. The van der Waals surface area contributed by atoms with Gasteiger partial charge in [0.1, 0.15) is 6.04 Å². The van der Waals surface area contributed by atoms with Crippen LogP contribution in [0.15, 0.2) is 36.7 Å². The van der Waals surface area contributed by atoms with Crippen LogP contribution in [0.2, 0.25) is 5.02 Å². The molecule has 0 aliphatic rings. The molecule has 0 spiro atoms. The van der Waals surface area contributed by atoms with Crippen LogP contribution in [0.3, 0.4) is 0 Å². The predicted molar refractivity (Wildman–Crippen MR) is 77.9 cm³/mol. The van der Waals surface area contributed by atoms with E-state index >= 15 is 0 Å². The zero-order chi connectivity index (χ0) is 14.5. The fraction of sp³-hybridized carbons (Fsp3) is 0.286. The molecule has 1 aromatic heterocycles. The summed E-state index contributed by atoms with van der Waals surface area (Å²) in [5.41, 5.74) is 1.88. The van der Waals surface area contributed by atoms with Crippen LogP contribution in [0, 0.1) is 0 Å². The number of hydrogen-bond donors (Lipinski definition) is 1. The number of benzene rings is 1. The third-order valence-electron chi connectivity index (χ3n) is 2.83. The molecule has 1 atom stereocenters. The number of aromatic nitrogens is 2. The predicted octanol–water partition coefficient (Wildman–Crippen LogP) is 2.56. The van der Waals surface area contributed by atoms with Gasteiger partial charge in [0.25, 0.3) is 0 Å². The van der Waals surface area contributed by atoms with Gasteiger partial charge in [0, 0.05) is 11.2 Å². The maximum atomic E-state index is 11.3. The number of hydrogen-bond acceptors (Lipinski definition) is 4. The van der Waals surface area contributed by atoms with Crippen molar-refractivity contribution in [2.45, 2.75) is 19.5 Å². The quantitative estimate of drug-likeness (QED) is 0.861. The number of nitrogens with zero attached hydrogens (tertiary/aromatic N) is 2. The van der Waals surface area contributed by atoms with E-state index in [1.807, 2.05) is 30.5 Å². The smallest absolute Gasteiger partial charge is 0.327 e. The fourth-order valence-electron chi connectivity index (χ4n) is 1.79. The molecule has 1 heterocycles. The first kappa shape index (κ1) is 14.4. The van der Waals surface area contributed by atoms with Gasteiger partial charge < -0.3 is 10.1 Å². The Kier molecular flexibility index (Phi) is 4.63. The van der Waals surface area contributed by atoms with E-state index < -0.39 is 6.04 Å². The molecule has 2 rings (SSSR count). The molecule has 0 amide bonds. The molecule has 0 radical (unpaired) electrons. The number of anilines is 1. The Hall–Kier alpha value is -2.01. The summed E-state index contributed by atoms with van der Waals surface area (Å²) in [7, 11) is 1.37. The van der Waals surface area contributed by atoms with Crippen molar-refractivity contribution in [1.29, 1.82) is 0 Å². The molecule has 0 fully saturated rings. The first-order valence-electron chi connectivity index (χ1n) is 6.20. The number of esters is 1. The molecule has 0 saturated heterocycles. The average Bonchev–Trinajstić information content (AvgIpc) is 2.87. The second-order valence-corrected chi connectivity index (χ2v) is 4.88. The molecule has 0 bridgehead atoms. The molecule has 20 heavy (non-hydrogen) atoms. The van der Waals surface area contributed by atoms with Crippen LogP contribution in [-0.4, -0.2) is 28.9 Å². The van der Waals surface area contributed by atoms with Gasteiger partial charge in [-0.25, -0.2) is 4.79 Å². The van der Waals surface area contributed by atoms with E-state index in [0.29, 0.717) is 11.6 Å². The van der Waals surface area contributed by atoms with Gasteiger partial charge >= 0.3 is 5.97 Å². The Morgan fingerprint density at radius 3 is 2.80 bits per heavy atom. The minimum Gasteiger partial charge on any atom is -0.467 e. The molecule has 0 saturated carbocycles. The number of ether oxygens (including phenoxy) is 1. The van der Waals surface area contributed by atoms with E-state index in [1.54, 1.807) is 17.8 Å². The zero-order valence-corrected chi connectivity index (χ0v) is 12.1. The second-order valence-electron chi connectivity index (χ2n) is 4.44. The summed E-state index contributed by atoms with van der Waals surface area (Å²) in [5, 5.41) is 7.98. The van der Waals surface area contributed by atoms with Crippen LogP contribution in [0.1, 0.15) is 12.5 Å². The molecular formula is C14H16ClN3O2. The molecule has 0 aliphatic heterocycles. The first-order valence-corrected chi connectivity index (χ1v) is 6.57. The number of nitrogens with one attached hydrogen (secondary N) is 1. The van der Waals surface area contributed by atoms with Crippen molar-refractivity contribution in [2.24, 2.45) is 0 Å². The van der Waals surface area contributed by atoms with Gasteiger partial charge in [-0.3, -0.25) is 4.68 Å². The van der Waals surface area contributed by atoms with Gasteiger partial charge in [-0.2, -0.15) is 5.10 Å². The topological polar surface area (TPSA) is 56.1 Å².